The van der Waals surface area contributed by atoms with Crippen molar-refractivity contribution >= 4 is 40.5 Å². The van der Waals surface area contributed by atoms with Gasteiger partial charge in [-0.25, -0.2) is 5.01 Å². The maximum absolute atomic E-state index is 13.0. The molecule has 4 rings (SSSR count). The summed E-state index contributed by atoms with van der Waals surface area (Å²) in [4.78, 5) is 29.2. The standard InChI is InChI=1S/C21H21ClN4O2/c22-16-5-4-8-18(15-16)24-11-13-25(14-12-24)21(28)19-9-10-20(27)26(23-19)17-6-2-1-3-7-17/h1-8,15H,9-14H2. The van der Waals surface area contributed by atoms with Crippen LogP contribution >= 0.6 is 11.6 Å². The monoisotopic (exact) mass is 396 g/mol. The molecular formula is C21H21ClN4O2. The second kappa shape index (κ2) is 8.02. The fourth-order valence-electron chi connectivity index (χ4n) is 3.50. The van der Waals surface area contributed by atoms with Crippen molar-refractivity contribution in [3.05, 3.63) is 59.6 Å². The van der Waals surface area contributed by atoms with Crippen LogP contribution in [0.25, 0.3) is 0 Å². The minimum Gasteiger partial charge on any atom is -0.368 e. The minimum absolute atomic E-state index is 0.0841. The van der Waals surface area contributed by atoms with E-state index in [4.69, 9.17) is 11.6 Å². The van der Waals surface area contributed by atoms with Crippen molar-refractivity contribution in [1.82, 2.24) is 4.90 Å². The van der Waals surface area contributed by atoms with Gasteiger partial charge < -0.3 is 9.80 Å². The molecule has 2 heterocycles. The van der Waals surface area contributed by atoms with Gasteiger partial charge in [-0.05, 0) is 30.3 Å². The molecule has 7 heteroatoms. The van der Waals surface area contributed by atoms with Gasteiger partial charge in [0.05, 0.1) is 5.69 Å². The normalized spacial score (nSPS) is 17.5. The quantitative estimate of drug-likeness (QED) is 0.800. The highest BCUT2D eigenvalue weighted by Gasteiger charge is 2.30. The number of benzene rings is 2. The summed E-state index contributed by atoms with van der Waals surface area (Å²) in [7, 11) is 0. The summed E-state index contributed by atoms with van der Waals surface area (Å²) in [5.74, 6) is -0.173. The molecule has 2 amide bonds. The first kappa shape index (κ1) is 18.5. The van der Waals surface area contributed by atoms with Crippen molar-refractivity contribution in [2.24, 2.45) is 5.10 Å². The molecular weight excluding hydrogens is 376 g/mol. The average Bonchev–Trinajstić information content (AvgIpc) is 2.74. The number of piperazine rings is 1. The van der Waals surface area contributed by atoms with Crippen LogP contribution in [-0.2, 0) is 9.59 Å². The number of amides is 2. The summed E-state index contributed by atoms with van der Waals surface area (Å²) < 4.78 is 0. The van der Waals surface area contributed by atoms with E-state index in [1.807, 2.05) is 59.5 Å². The fraction of sp³-hybridized carbons (Fsp3) is 0.286. The summed E-state index contributed by atoms with van der Waals surface area (Å²) in [5, 5.41) is 6.43. The molecule has 2 aromatic rings. The van der Waals surface area contributed by atoms with Gasteiger partial charge in [0.2, 0.25) is 5.91 Å². The molecule has 0 spiro atoms. The molecule has 1 saturated heterocycles. The van der Waals surface area contributed by atoms with Gasteiger partial charge in [0, 0.05) is 49.7 Å². The van der Waals surface area contributed by atoms with Crippen LogP contribution in [0.1, 0.15) is 12.8 Å². The Kier molecular flexibility index (Phi) is 5.30. The molecule has 2 aromatic carbocycles. The molecule has 2 aliphatic heterocycles. The van der Waals surface area contributed by atoms with Crippen molar-refractivity contribution in [3.63, 3.8) is 0 Å². The lowest BCUT2D eigenvalue weighted by Gasteiger charge is -2.36. The number of hydrazone groups is 1. The van der Waals surface area contributed by atoms with E-state index in [9.17, 15) is 9.59 Å². The fourth-order valence-corrected chi connectivity index (χ4v) is 3.69. The number of halogens is 1. The van der Waals surface area contributed by atoms with Gasteiger partial charge >= 0.3 is 0 Å². The summed E-state index contributed by atoms with van der Waals surface area (Å²) in [6.07, 6.45) is 0.678. The van der Waals surface area contributed by atoms with E-state index in [0.717, 1.165) is 18.8 Å². The molecule has 0 aliphatic carbocycles. The topological polar surface area (TPSA) is 56.2 Å². The van der Waals surface area contributed by atoms with Gasteiger partial charge in [0.25, 0.3) is 5.91 Å². The van der Waals surface area contributed by atoms with Crippen molar-refractivity contribution in [3.8, 4) is 0 Å². The third-order valence-electron chi connectivity index (χ3n) is 5.02. The van der Waals surface area contributed by atoms with E-state index in [1.54, 1.807) is 0 Å². The van der Waals surface area contributed by atoms with Gasteiger partial charge in [-0.2, -0.15) is 5.10 Å². The summed E-state index contributed by atoms with van der Waals surface area (Å²) in [6.45, 7) is 2.70. The number of hydrogen-bond acceptors (Lipinski definition) is 4. The first-order chi connectivity index (χ1) is 13.6. The van der Waals surface area contributed by atoms with Crippen LogP contribution < -0.4 is 9.91 Å². The van der Waals surface area contributed by atoms with Crippen LogP contribution in [0.3, 0.4) is 0 Å². The Morgan fingerprint density at radius 1 is 0.893 bits per heavy atom. The highest BCUT2D eigenvalue weighted by molar-refractivity contribution is 6.40. The van der Waals surface area contributed by atoms with Gasteiger partial charge in [0.1, 0.15) is 5.71 Å². The predicted molar refractivity (Wildman–Crippen MR) is 111 cm³/mol. The average molecular weight is 397 g/mol. The highest BCUT2D eigenvalue weighted by Crippen LogP contribution is 2.23. The SMILES string of the molecule is O=C(C1=NN(c2ccccc2)C(=O)CC1)N1CCN(c2cccc(Cl)c2)CC1. The lowest BCUT2D eigenvalue weighted by molar-refractivity contribution is -0.124. The second-order valence-electron chi connectivity index (χ2n) is 6.85. The molecule has 0 radical (unpaired) electrons. The molecule has 144 valence electrons. The zero-order valence-electron chi connectivity index (χ0n) is 15.4. The van der Waals surface area contributed by atoms with Crippen molar-refractivity contribution in [2.75, 3.05) is 36.1 Å². The molecule has 1 fully saturated rings. The number of para-hydroxylation sites is 1. The highest BCUT2D eigenvalue weighted by atomic mass is 35.5. The molecule has 0 N–H and O–H groups in total. The van der Waals surface area contributed by atoms with Gasteiger partial charge in [-0.1, -0.05) is 35.9 Å². The molecule has 2 aliphatic rings. The molecule has 0 aromatic heterocycles. The van der Waals surface area contributed by atoms with Crippen LogP contribution in [0.4, 0.5) is 11.4 Å². The zero-order chi connectivity index (χ0) is 19.5. The van der Waals surface area contributed by atoms with E-state index in [1.165, 1.54) is 5.01 Å². The Bertz CT molecular complexity index is 908. The van der Waals surface area contributed by atoms with E-state index < -0.39 is 0 Å². The van der Waals surface area contributed by atoms with Gasteiger partial charge in [-0.15, -0.1) is 0 Å². The zero-order valence-corrected chi connectivity index (χ0v) is 16.2. The predicted octanol–water partition coefficient (Wildman–Crippen LogP) is 3.17. The number of nitrogens with zero attached hydrogens (tertiary/aromatic N) is 4. The van der Waals surface area contributed by atoms with Crippen molar-refractivity contribution < 1.29 is 9.59 Å². The summed E-state index contributed by atoms with van der Waals surface area (Å²) >= 11 is 6.08. The second-order valence-corrected chi connectivity index (χ2v) is 7.28. The smallest absolute Gasteiger partial charge is 0.270 e. The molecule has 28 heavy (non-hydrogen) atoms. The van der Waals surface area contributed by atoms with Gasteiger partial charge in [0.15, 0.2) is 0 Å². The third kappa shape index (κ3) is 3.87. The van der Waals surface area contributed by atoms with Crippen LogP contribution in [0.15, 0.2) is 59.7 Å². The van der Waals surface area contributed by atoms with Crippen LogP contribution in [0, 0.1) is 0 Å². The maximum atomic E-state index is 13.0. The Hall–Kier alpha value is -2.86. The van der Waals surface area contributed by atoms with E-state index in [-0.39, 0.29) is 11.8 Å². The molecule has 0 unspecified atom stereocenters. The van der Waals surface area contributed by atoms with Crippen LogP contribution in [0.2, 0.25) is 5.02 Å². The summed E-state index contributed by atoms with van der Waals surface area (Å²) in [6, 6.07) is 17.0. The number of rotatable bonds is 3. The van der Waals surface area contributed by atoms with E-state index >= 15 is 0 Å². The lowest BCUT2D eigenvalue weighted by atomic mass is 10.1. The first-order valence-corrected chi connectivity index (χ1v) is 9.75. The maximum Gasteiger partial charge on any atom is 0.270 e. The number of carbonyl (C=O) groups is 2. The lowest BCUT2D eigenvalue weighted by Crippen LogP contribution is -2.51. The van der Waals surface area contributed by atoms with Crippen molar-refractivity contribution in [1.29, 1.82) is 0 Å². The molecule has 0 saturated carbocycles. The van der Waals surface area contributed by atoms with Crippen LogP contribution in [0.5, 0.6) is 0 Å². The molecule has 6 nitrogen and oxygen atoms in total. The molecule has 0 bridgehead atoms. The van der Waals surface area contributed by atoms with Crippen molar-refractivity contribution in [2.45, 2.75) is 12.8 Å². The van der Waals surface area contributed by atoms with Crippen LogP contribution in [-0.4, -0.2) is 48.6 Å². The third-order valence-corrected chi connectivity index (χ3v) is 5.26. The number of hydrogen-bond donors (Lipinski definition) is 0. The number of carbonyl (C=O) groups excluding carboxylic acids is 2. The summed E-state index contributed by atoms with van der Waals surface area (Å²) in [5.41, 5.74) is 2.19. The first-order valence-electron chi connectivity index (χ1n) is 9.37. The Morgan fingerprint density at radius 3 is 2.32 bits per heavy atom. The number of anilines is 2. The Morgan fingerprint density at radius 2 is 1.61 bits per heavy atom. The minimum atomic E-state index is -0.0893. The van der Waals surface area contributed by atoms with E-state index in [0.29, 0.717) is 42.4 Å². The Balaban J connectivity index is 1.44. The largest absolute Gasteiger partial charge is 0.368 e. The molecule has 0 atom stereocenters. The van der Waals surface area contributed by atoms with Gasteiger partial charge in [-0.3, -0.25) is 9.59 Å². The Labute approximate surface area is 169 Å². The van der Waals surface area contributed by atoms with E-state index in [2.05, 4.69) is 10.0 Å².